The fourth-order valence-electron chi connectivity index (χ4n) is 3.47. The largest absolute Gasteiger partial charge is 0.338 e. The van der Waals surface area contributed by atoms with E-state index in [0.29, 0.717) is 18.2 Å². The van der Waals surface area contributed by atoms with Crippen LogP contribution in [0.4, 0.5) is 0 Å². The maximum absolute atomic E-state index is 12.7. The van der Waals surface area contributed by atoms with Gasteiger partial charge in [-0.15, -0.1) is 0 Å². The van der Waals surface area contributed by atoms with E-state index in [-0.39, 0.29) is 5.91 Å². The molecule has 0 aliphatic carbocycles. The number of hydrogen-bond acceptors (Lipinski definition) is 2. The third kappa shape index (κ3) is 2.37. The molecule has 0 radical (unpaired) electrons. The molecule has 0 spiro atoms. The van der Waals surface area contributed by atoms with Gasteiger partial charge in [0, 0.05) is 23.7 Å². The van der Waals surface area contributed by atoms with Crippen molar-refractivity contribution in [3.05, 3.63) is 35.5 Å². The number of para-hydroxylation sites is 1. The van der Waals surface area contributed by atoms with Crippen molar-refractivity contribution in [3.8, 4) is 6.07 Å². The maximum atomic E-state index is 12.7. The van der Waals surface area contributed by atoms with Gasteiger partial charge in [-0.2, -0.15) is 5.26 Å². The first kappa shape index (κ1) is 14.6. The molecule has 114 valence electrons. The molecule has 1 aromatic heterocycles. The number of nitrogens with zero attached hydrogens (tertiary/aromatic N) is 3. The van der Waals surface area contributed by atoms with E-state index < -0.39 is 0 Å². The van der Waals surface area contributed by atoms with E-state index in [0.717, 1.165) is 36.0 Å². The van der Waals surface area contributed by atoms with Crippen LogP contribution < -0.4 is 0 Å². The second kappa shape index (κ2) is 5.84. The molecule has 0 bridgehead atoms. The van der Waals surface area contributed by atoms with E-state index in [1.807, 2.05) is 40.7 Å². The molecule has 1 fully saturated rings. The highest BCUT2D eigenvalue weighted by molar-refractivity contribution is 5.89. The van der Waals surface area contributed by atoms with Crippen LogP contribution in [0.5, 0.6) is 0 Å². The van der Waals surface area contributed by atoms with Crippen LogP contribution in [0, 0.1) is 18.3 Å². The van der Waals surface area contributed by atoms with Gasteiger partial charge in [-0.05, 0) is 39.2 Å². The van der Waals surface area contributed by atoms with Crippen LogP contribution in [0.15, 0.2) is 24.3 Å². The Morgan fingerprint density at radius 1 is 1.36 bits per heavy atom. The molecular formula is C18H21N3O. The van der Waals surface area contributed by atoms with Crippen LogP contribution in [-0.2, 0) is 11.3 Å². The summed E-state index contributed by atoms with van der Waals surface area (Å²) in [6.45, 7) is 5.21. The number of nitriles is 1. The molecule has 4 nitrogen and oxygen atoms in total. The third-order valence-corrected chi connectivity index (χ3v) is 4.76. The van der Waals surface area contributed by atoms with Crippen LogP contribution in [0.2, 0.25) is 0 Å². The van der Waals surface area contributed by atoms with Crippen molar-refractivity contribution in [2.45, 2.75) is 45.7 Å². The second-order valence-corrected chi connectivity index (χ2v) is 6.11. The van der Waals surface area contributed by atoms with E-state index in [4.69, 9.17) is 0 Å². The average Bonchev–Trinajstić information content (AvgIpc) is 2.79. The van der Waals surface area contributed by atoms with Gasteiger partial charge in [0.15, 0.2) is 0 Å². The Kier molecular flexibility index (Phi) is 3.89. The zero-order valence-electron chi connectivity index (χ0n) is 13.2. The third-order valence-electron chi connectivity index (χ3n) is 4.76. The monoisotopic (exact) mass is 295 g/mol. The van der Waals surface area contributed by atoms with Crippen molar-refractivity contribution in [2.24, 2.45) is 0 Å². The number of hydrogen-bond donors (Lipinski definition) is 0. The van der Waals surface area contributed by atoms with Crippen molar-refractivity contribution >= 4 is 16.8 Å². The Labute approximate surface area is 130 Å². The zero-order chi connectivity index (χ0) is 15.7. The van der Waals surface area contributed by atoms with Gasteiger partial charge in [0.05, 0.1) is 11.1 Å². The summed E-state index contributed by atoms with van der Waals surface area (Å²) >= 11 is 0. The van der Waals surface area contributed by atoms with Gasteiger partial charge < -0.3 is 9.47 Å². The molecule has 2 aromatic rings. The lowest BCUT2D eigenvalue weighted by atomic mass is 10.0. The summed E-state index contributed by atoms with van der Waals surface area (Å²) in [5, 5.41) is 10.3. The predicted molar refractivity (Wildman–Crippen MR) is 86.4 cm³/mol. The normalized spacial score (nSPS) is 18.4. The minimum absolute atomic E-state index is 0.153. The van der Waals surface area contributed by atoms with Gasteiger partial charge in [0.2, 0.25) is 5.91 Å². The molecule has 1 amide bonds. The Hall–Kier alpha value is -2.28. The molecule has 1 saturated heterocycles. The number of piperidine rings is 1. The number of aromatic nitrogens is 1. The van der Waals surface area contributed by atoms with Gasteiger partial charge in [0.1, 0.15) is 12.6 Å². The average molecular weight is 295 g/mol. The summed E-state index contributed by atoms with van der Waals surface area (Å²) in [5.41, 5.74) is 2.52. The number of fused-ring (bicyclic) bond motifs is 1. The van der Waals surface area contributed by atoms with Crippen molar-refractivity contribution in [1.29, 1.82) is 5.26 Å². The standard InChI is InChI=1S/C18H21N3O/c1-13-7-5-6-10-20(13)18(22)12-21-14(2)16(11-19)15-8-3-4-9-17(15)21/h3-4,8-9,13H,5-7,10,12H2,1-2H3/t13-/m1/s1. The van der Waals surface area contributed by atoms with Gasteiger partial charge in [0.25, 0.3) is 0 Å². The quantitative estimate of drug-likeness (QED) is 0.854. The van der Waals surface area contributed by atoms with Gasteiger partial charge >= 0.3 is 0 Å². The molecule has 1 atom stereocenters. The second-order valence-electron chi connectivity index (χ2n) is 6.11. The van der Waals surface area contributed by atoms with E-state index >= 15 is 0 Å². The van der Waals surface area contributed by atoms with Crippen LogP contribution >= 0.6 is 0 Å². The highest BCUT2D eigenvalue weighted by atomic mass is 16.2. The topological polar surface area (TPSA) is 49.0 Å². The van der Waals surface area contributed by atoms with Gasteiger partial charge in [-0.1, -0.05) is 18.2 Å². The molecule has 0 unspecified atom stereocenters. The molecule has 0 saturated carbocycles. The summed E-state index contributed by atoms with van der Waals surface area (Å²) in [6.07, 6.45) is 3.38. The fraction of sp³-hybridized carbons (Fsp3) is 0.444. The lowest BCUT2D eigenvalue weighted by Gasteiger charge is -2.33. The predicted octanol–water partition coefficient (Wildman–Crippen LogP) is 3.22. The number of likely N-dealkylation sites (tertiary alicyclic amines) is 1. The van der Waals surface area contributed by atoms with Crippen molar-refractivity contribution in [3.63, 3.8) is 0 Å². The summed E-state index contributed by atoms with van der Waals surface area (Å²) in [4.78, 5) is 14.7. The molecule has 22 heavy (non-hydrogen) atoms. The van der Waals surface area contributed by atoms with Gasteiger partial charge in [-0.25, -0.2) is 0 Å². The maximum Gasteiger partial charge on any atom is 0.242 e. The molecule has 3 rings (SSSR count). The number of carbonyl (C=O) groups is 1. The summed E-state index contributed by atoms with van der Waals surface area (Å²) in [7, 11) is 0. The fourth-order valence-corrected chi connectivity index (χ4v) is 3.47. The highest BCUT2D eigenvalue weighted by Crippen LogP contribution is 2.26. The number of amides is 1. The van der Waals surface area contributed by atoms with Crippen LogP contribution in [0.25, 0.3) is 10.9 Å². The molecule has 4 heteroatoms. The van der Waals surface area contributed by atoms with E-state index in [1.165, 1.54) is 6.42 Å². The number of carbonyl (C=O) groups excluding carboxylic acids is 1. The van der Waals surface area contributed by atoms with Gasteiger partial charge in [-0.3, -0.25) is 4.79 Å². The summed E-state index contributed by atoms with van der Waals surface area (Å²) in [5.74, 6) is 0.153. The highest BCUT2D eigenvalue weighted by Gasteiger charge is 2.24. The molecule has 2 heterocycles. The molecule has 1 aliphatic heterocycles. The Balaban J connectivity index is 1.96. The summed E-state index contributed by atoms with van der Waals surface area (Å²) in [6, 6.07) is 10.4. The Morgan fingerprint density at radius 2 is 2.14 bits per heavy atom. The number of benzene rings is 1. The molecule has 1 aromatic carbocycles. The van der Waals surface area contributed by atoms with Crippen LogP contribution in [0.1, 0.15) is 37.4 Å². The first-order valence-corrected chi connectivity index (χ1v) is 7.91. The minimum atomic E-state index is 0.153. The molecule has 1 aliphatic rings. The van der Waals surface area contributed by atoms with E-state index in [2.05, 4.69) is 13.0 Å². The van der Waals surface area contributed by atoms with Crippen molar-refractivity contribution < 1.29 is 4.79 Å². The Bertz CT molecular complexity index is 754. The Morgan fingerprint density at radius 3 is 2.86 bits per heavy atom. The first-order chi connectivity index (χ1) is 10.6. The lowest BCUT2D eigenvalue weighted by Crippen LogP contribution is -2.43. The van der Waals surface area contributed by atoms with Crippen LogP contribution in [-0.4, -0.2) is 28.0 Å². The van der Waals surface area contributed by atoms with Crippen molar-refractivity contribution in [2.75, 3.05) is 6.54 Å². The lowest BCUT2D eigenvalue weighted by molar-refractivity contribution is -0.135. The molecule has 0 N–H and O–H groups in total. The molecular weight excluding hydrogens is 274 g/mol. The van der Waals surface area contributed by atoms with Crippen molar-refractivity contribution in [1.82, 2.24) is 9.47 Å². The number of rotatable bonds is 2. The van der Waals surface area contributed by atoms with Crippen LogP contribution in [0.3, 0.4) is 0 Å². The summed E-state index contributed by atoms with van der Waals surface area (Å²) < 4.78 is 1.98. The smallest absolute Gasteiger partial charge is 0.242 e. The van der Waals surface area contributed by atoms with E-state index in [9.17, 15) is 10.1 Å². The first-order valence-electron chi connectivity index (χ1n) is 7.91. The zero-order valence-corrected chi connectivity index (χ0v) is 13.2. The minimum Gasteiger partial charge on any atom is -0.338 e. The van der Waals surface area contributed by atoms with E-state index in [1.54, 1.807) is 0 Å². The SMILES string of the molecule is Cc1c(C#N)c2ccccc2n1CC(=O)N1CCCC[C@H]1C.